The van der Waals surface area contributed by atoms with Gasteiger partial charge in [-0.2, -0.15) is 0 Å². The minimum atomic E-state index is -1.77. The fourth-order valence-electron chi connectivity index (χ4n) is 1.70. The highest BCUT2D eigenvalue weighted by Crippen LogP contribution is 2.30. The second-order valence-electron chi connectivity index (χ2n) is 3.61. The number of ketones is 2. The minimum absolute atomic E-state index is 0.00509. The van der Waals surface area contributed by atoms with Gasteiger partial charge in [-0.1, -0.05) is 0 Å². The summed E-state index contributed by atoms with van der Waals surface area (Å²) in [5.41, 5.74) is 11.1. The number of Topliss-reactive ketones (excluding diaryl/α,β-unsaturated/α-hetero) is 2. The summed E-state index contributed by atoms with van der Waals surface area (Å²) < 4.78 is 0. The summed E-state index contributed by atoms with van der Waals surface area (Å²) in [6.45, 7) is 0. The average molecular weight is 222 g/mol. The molecule has 0 aliphatic heterocycles. The largest absolute Gasteiger partial charge is 0.397 e. The Kier molecular flexibility index (Phi) is 2.18. The number of hydrogen-bond donors (Lipinski definition) is 4. The number of aliphatic hydroxyl groups excluding tert-OH is 2. The number of nitrogen functional groups attached to an aromatic ring is 2. The Morgan fingerprint density at radius 2 is 1.56 bits per heavy atom. The monoisotopic (exact) mass is 222 g/mol. The predicted molar refractivity (Wildman–Crippen MR) is 55.9 cm³/mol. The molecule has 0 aromatic heterocycles. The molecule has 0 heterocycles. The number of carbonyl (C=O) groups is 2. The fourth-order valence-corrected chi connectivity index (χ4v) is 1.70. The molecule has 1 aromatic carbocycles. The molecule has 6 N–H and O–H groups in total. The van der Waals surface area contributed by atoms with Crippen molar-refractivity contribution in [2.24, 2.45) is 0 Å². The Hall–Kier alpha value is -1.92. The van der Waals surface area contributed by atoms with Crippen LogP contribution in [-0.4, -0.2) is 34.0 Å². The van der Waals surface area contributed by atoms with Gasteiger partial charge in [-0.3, -0.25) is 9.59 Å². The van der Waals surface area contributed by atoms with Crippen LogP contribution in [0.25, 0.3) is 0 Å². The first-order valence-electron chi connectivity index (χ1n) is 4.57. The highest BCUT2D eigenvalue weighted by Gasteiger charge is 2.40. The van der Waals surface area contributed by atoms with E-state index in [1.54, 1.807) is 0 Å². The van der Waals surface area contributed by atoms with E-state index in [1.807, 2.05) is 0 Å². The number of carbonyl (C=O) groups excluding carboxylic acids is 2. The minimum Gasteiger partial charge on any atom is -0.397 e. The van der Waals surface area contributed by atoms with Gasteiger partial charge in [0.2, 0.25) is 0 Å². The highest BCUT2D eigenvalue weighted by atomic mass is 16.3. The number of anilines is 2. The third-order valence-corrected chi connectivity index (χ3v) is 2.63. The third kappa shape index (κ3) is 1.21. The number of benzene rings is 1. The second-order valence-corrected chi connectivity index (χ2v) is 3.61. The lowest BCUT2D eigenvalue weighted by atomic mass is 9.84. The van der Waals surface area contributed by atoms with Gasteiger partial charge in [-0.05, 0) is 12.1 Å². The lowest BCUT2D eigenvalue weighted by Crippen LogP contribution is -2.45. The van der Waals surface area contributed by atoms with Crippen molar-refractivity contribution in [1.82, 2.24) is 0 Å². The lowest BCUT2D eigenvalue weighted by molar-refractivity contribution is 0.0185. The van der Waals surface area contributed by atoms with E-state index in [2.05, 4.69) is 0 Å². The Bertz CT molecular complexity index is 498. The van der Waals surface area contributed by atoms with Crippen molar-refractivity contribution in [2.75, 3.05) is 11.5 Å². The second kappa shape index (κ2) is 3.29. The smallest absolute Gasteiger partial charge is 0.197 e. The molecule has 0 spiro atoms. The molecule has 0 bridgehead atoms. The fraction of sp³-hybridized carbons (Fsp3) is 0.200. The summed E-state index contributed by atoms with van der Waals surface area (Å²) in [6, 6.07) is 2.69. The van der Waals surface area contributed by atoms with E-state index in [1.165, 1.54) is 12.1 Å². The summed E-state index contributed by atoms with van der Waals surface area (Å²) in [5.74, 6) is -1.51. The van der Waals surface area contributed by atoms with E-state index in [0.717, 1.165) is 0 Å². The zero-order valence-electron chi connectivity index (χ0n) is 8.18. The van der Waals surface area contributed by atoms with Gasteiger partial charge in [-0.25, -0.2) is 0 Å². The molecule has 0 saturated carbocycles. The zero-order valence-corrected chi connectivity index (χ0v) is 8.18. The van der Waals surface area contributed by atoms with Crippen molar-refractivity contribution in [3.63, 3.8) is 0 Å². The number of aliphatic hydroxyl groups is 2. The Morgan fingerprint density at radius 3 is 2.19 bits per heavy atom. The maximum absolute atomic E-state index is 11.6. The maximum Gasteiger partial charge on any atom is 0.197 e. The topological polar surface area (TPSA) is 127 Å². The molecule has 6 nitrogen and oxygen atoms in total. The number of rotatable bonds is 0. The SMILES string of the molecule is Nc1ccc2c(c1N)C(=O)C(O)C(O)C2=O. The molecule has 2 unspecified atom stereocenters. The van der Waals surface area contributed by atoms with Gasteiger partial charge in [0.1, 0.15) is 0 Å². The van der Waals surface area contributed by atoms with Gasteiger partial charge in [0.05, 0.1) is 16.9 Å². The summed E-state index contributed by atoms with van der Waals surface area (Å²) in [7, 11) is 0. The van der Waals surface area contributed by atoms with Crippen molar-refractivity contribution in [3.8, 4) is 0 Å². The summed E-state index contributed by atoms with van der Waals surface area (Å²) in [5, 5.41) is 18.7. The van der Waals surface area contributed by atoms with Gasteiger partial charge >= 0.3 is 0 Å². The highest BCUT2D eigenvalue weighted by molar-refractivity contribution is 6.21. The summed E-state index contributed by atoms with van der Waals surface area (Å²) >= 11 is 0. The number of nitrogens with two attached hydrogens (primary N) is 2. The average Bonchev–Trinajstić information content (AvgIpc) is 2.27. The van der Waals surface area contributed by atoms with E-state index in [0.29, 0.717) is 0 Å². The van der Waals surface area contributed by atoms with Crippen LogP contribution in [0.15, 0.2) is 12.1 Å². The molecule has 2 rings (SSSR count). The van der Waals surface area contributed by atoms with Crippen LogP contribution in [-0.2, 0) is 0 Å². The van der Waals surface area contributed by atoms with Gasteiger partial charge in [0.25, 0.3) is 0 Å². The first kappa shape index (κ1) is 10.6. The molecule has 16 heavy (non-hydrogen) atoms. The first-order valence-corrected chi connectivity index (χ1v) is 4.57. The molecule has 0 saturated heterocycles. The Labute approximate surface area is 90.5 Å². The summed E-state index contributed by atoms with van der Waals surface area (Å²) in [6.07, 6.45) is -3.51. The first-order chi connectivity index (χ1) is 7.45. The maximum atomic E-state index is 11.6. The molecule has 0 amide bonds. The molecular formula is C10H10N2O4. The summed E-state index contributed by atoms with van der Waals surface area (Å²) in [4.78, 5) is 23.2. The van der Waals surface area contributed by atoms with E-state index < -0.39 is 23.8 Å². The molecule has 84 valence electrons. The predicted octanol–water partition coefficient (Wildman–Crippen LogP) is -1.05. The third-order valence-electron chi connectivity index (χ3n) is 2.63. The van der Waals surface area contributed by atoms with Crippen LogP contribution < -0.4 is 11.5 Å². The number of fused-ring (bicyclic) bond motifs is 1. The molecule has 6 heteroatoms. The molecule has 1 aliphatic rings. The van der Waals surface area contributed by atoms with E-state index >= 15 is 0 Å². The zero-order chi connectivity index (χ0) is 12.0. The van der Waals surface area contributed by atoms with Crippen molar-refractivity contribution in [1.29, 1.82) is 0 Å². The van der Waals surface area contributed by atoms with Crippen LogP contribution in [0, 0.1) is 0 Å². The van der Waals surface area contributed by atoms with Crippen molar-refractivity contribution in [3.05, 3.63) is 23.3 Å². The van der Waals surface area contributed by atoms with Crippen LogP contribution in [0.1, 0.15) is 20.7 Å². The standard InChI is InChI=1S/C10H10N2O4/c11-4-2-1-3-5(6(4)12)8(14)10(16)9(15)7(3)13/h1-2,9-10,15-16H,11-12H2. The van der Waals surface area contributed by atoms with E-state index in [9.17, 15) is 19.8 Å². The lowest BCUT2D eigenvalue weighted by Gasteiger charge is -2.24. The van der Waals surface area contributed by atoms with Crippen LogP contribution in [0.5, 0.6) is 0 Å². The van der Waals surface area contributed by atoms with Gasteiger partial charge in [0, 0.05) is 5.56 Å². The van der Waals surface area contributed by atoms with Gasteiger partial charge < -0.3 is 21.7 Å². The van der Waals surface area contributed by atoms with Crippen LogP contribution in [0.2, 0.25) is 0 Å². The van der Waals surface area contributed by atoms with Crippen molar-refractivity contribution >= 4 is 22.9 Å². The molecule has 1 aromatic rings. The Balaban J connectivity index is 2.73. The molecule has 0 fully saturated rings. The van der Waals surface area contributed by atoms with Crippen LogP contribution in [0.4, 0.5) is 11.4 Å². The normalized spacial score (nSPS) is 24.4. The van der Waals surface area contributed by atoms with Crippen LogP contribution >= 0.6 is 0 Å². The Morgan fingerprint density at radius 1 is 1.00 bits per heavy atom. The van der Waals surface area contributed by atoms with Gasteiger partial charge in [0.15, 0.2) is 23.8 Å². The molecule has 2 atom stereocenters. The van der Waals surface area contributed by atoms with E-state index in [4.69, 9.17) is 11.5 Å². The van der Waals surface area contributed by atoms with Crippen molar-refractivity contribution < 1.29 is 19.8 Å². The molecule has 0 radical (unpaired) electrons. The van der Waals surface area contributed by atoms with Crippen molar-refractivity contribution in [2.45, 2.75) is 12.2 Å². The quantitative estimate of drug-likeness (QED) is 0.415. The van der Waals surface area contributed by atoms with E-state index in [-0.39, 0.29) is 22.5 Å². The van der Waals surface area contributed by atoms with Crippen LogP contribution in [0.3, 0.4) is 0 Å². The van der Waals surface area contributed by atoms with Gasteiger partial charge in [-0.15, -0.1) is 0 Å². The molecule has 1 aliphatic carbocycles. The number of hydrogen-bond acceptors (Lipinski definition) is 6. The molecular weight excluding hydrogens is 212 g/mol.